The number of para-hydroxylation sites is 3. The molecule has 3 aromatic rings. The molecule has 0 spiro atoms. The smallest absolute Gasteiger partial charge is 0.316 e. The lowest BCUT2D eigenvalue weighted by molar-refractivity contribution is -0.145. The number of oxazole rings is 1. The predicted octanol–water partition coefficient (Wildman–Crippen LogP) is 3.90. The van der Waals surface area contributed by atoms with Crippen LogP contribution in [-0.4, -0.2) is 35.3 Å². The Morgan fingerprint density at radius 3 is 2.52 bits per heavy atom. The molecule has 0 bridgehead atoms. The topological polar surface area (TPSA) is 72.6 Å². The normalized spacial score (nSPS) is 10.9. The molecule has 2 aromatic carbocycles. The van der Waals surface area contributed by atoms with Crippen LogP contribution in [0.4, 0.5) is 5.69 Å². The average molecular weight is 384 g/mol. The highest BCUT2D eigenvalue weighted by atomic mass is 32.2. The Bertz CT molecular complexity index is 891. The van der Waals surface area contributed by atoms with Crippen LogP contribution in [0.25, 0.3) is 11.1 Å². The number of hydrogen-bond acceptors (Lipinski definition) is 6. The van der Waals surface area contributed by atoms with E-state index in [9.17, 15) is 9.59 Å². The van der Waals surface area contributed by atoms with Crippen LogP contribution >= 0.6 is 11.8 Å². The molecule has 27 heavy (non-hydrogen) atoms. The van der Waals surface area contributed by atoms with Crippen molar-refractivity contribution in [1.82, 2.24) is 4.98 Å². The quantitative estimate of drug-likeness (QED) is 0.454. The largest absolute Gasteiger partial charge is 0.455 e. The first-order chi connectivity index (χ1) is 13.0. The van der Waals surface area contributed by atoms with Crippen molar-refractivity contribution < 1.29 is 18.7 Å². The minimum absolute atomic E-state index is 0.0209. The number of carbonyl (C=O) groups is 2. The zero-order valence-corrected chi connectivity index (χ0v) is 15.9. The van der Waals surface area contributed by atoms with Gasteiger partial charge < -0.3 is 14.1 Å². The fraction of sp³-hybridized carbons (Fsp3) is 0.250. The molecule has 0 aliphatic heterocycles. The Balaban J connectivity index is 1.52. The summed E-state index contributed by atoms with van der Waals surface area (Å²) < 4.78 is 10.7. The average Bonchev–Trinajstić information content (AvgIpc) is 3.08. The van der Waals surface area contributed by atoms with E-state index in [4.69, 9.17) is 9.15 Å². The van der Waals surface area contributed by atoms with Crippen LogP contribution in [0, 0.1) is 0 Å². The molecule has 0 atom stereocenters. The second kappa shape index (κ2) is 8.73. The van der Waals surface area contributed by atoms with Gasteiger partial charge in [-0.1, -0.05) is 42.1 Å². The van der Waals surface area contributed by atoms with Gasteiger partial charge in [-0.3, -0.25) is 9.59 Å². The number of hydrogen-bond donors (Lipinski definition) is 0. The van der Waals surface area contributed by atoms with E-state index in [-0.39, 0.29) is 24.3 Å². The maximum absolute atomic E-state index is 12.5. The van der Waals surface area contributed by atoms with Gasteiger partial charge >= 0.3 is 5.97 Å². The number of esters is 1. The van der Waals surface area contributed by atoms with Crippen molar-refractivity contribution in [1.29, 1.82) is 0 Å². The van der Waals surface area contributed by atoms with E-state index in [0.717, 1.165) is 23.0 Å². The van der Waals surface area contributed by atoms with Gasteiger partial charge in [0, 0.05) is 11.7 Å². The summed E-state index contributed by atoms with van der Waals surface area (Å²) in [6.45, 7) is 3.52. The van der Waals surface area contributed by atoms with Crippen LogP contribution in [0.3, 0.4) is 0 Å². The number of thioether (sulfide) groups is 1. The van der Waals surface area contributed by atoms with E-state index < -0.39 is 5.97 Å². The highest BCUT2D eigenvalue weighted by Gasteiger charge is 2.20. The number of nitrogens with zero attached hydrogens (tertiary/aromatic N) is 2. The van der Waals surface area contributed by atoms with Gasteiger partial charge in [0.15, 0.2) is 12.2 Å². The van der Waals surface area contributed by atoms with Crippen molar-refractivity contribution >= 4 is 40.4 Å². The number of benzene rings is 2. The fourth-order valence-corrected chi connectivity index (χ4v) is 3.24. The predicted molar refractivity (Wildman–Crippen MR) is 105 cm³/mol. The number of carbonyl (C=O) groups excluding carboxylic acids is 2. The number of anilines is 1. The molecule has 0 aliphatic rings. The maximum Gasteiger partial charge on any atom is 0.316 e. The first-order valence-electron chi connectivity index (χ1n) is 8.55. The third-order valence-corrected chi connectivity index (χ3v) is 4.57. The van der Waals surface area contributed by atoms with Gasteiger partial charge in [-0.05, 0) is 38.1 Å². The molecule has 7 heteroatoms. The van der Waals surface area contributed by atoms with Gasteiger partial charge in [-0.15, -0.1) is 0 Å². The molecule has 1 heterocycles. The molecular weight excluding hydrogens is 364 g/mol. The van der Waals surface area contributed by atoms with Gasteiger partial charge in [0.1, 0.15) is 11.3 Å². The second-order valence-corrected chi connectivity index (χ2v) is 7.02. The molecular formula is C20H20N2O4S. The van der Waals surface area contributed by atoms with Crippen LogP contribution in [0.15, 0.2) is 64.2 Å². The van der Waals surface area contributed by atoms with Crippen molar-refractivity contribution in [3.8, 4) is 0 Å². The summed E-state index contributed by atoms with van der Waals surface area (Å²) in [5.41, 5.74) is 2.17. The molecule has 0 fully saturated rings. The standard InChI is InChI=1S/C20H20N2O4S/c1-14(2)22(15-8-4-3-5-9-15)18(23)12-25-19(24)13-27-20-21-16-10-6-7-11-17(16)26-20/h3-11,14H,12-13H2,1-2H3. The molecule has 0 aliphatic carbocycles. The summed E-state index contributed by atoms with van der Waals surface area (Å²) in [6.07, 6.45) is 0. The van der Waals surface area contributed by atoms with Crippen LogP contribution in [-0.2, 0) is 14.3 Å². The summed E-state index contributed by atoms with van der Waals surface area (Å²) in [4.78, 5) is 30.4. The van der Waals surface area contributed by atoms with Crippen LogP contribution in [0.5, 0.6) is 0 Å². The number of amides is 1. The fourth-order valence-electron chi connectivity index (χ4n) is 2.61. The highest BCUT2D eigenvalue weighted by Crippen LogP contribution is 2.23. The van der Waals surface area contributed by atoms with Crippen molar-refractivity contribution in [3.05, 3.63) is 54.6 Å². The Labute approximate surface area is 161 Å². The van der Waals surface area contributed by atoms with Crippen LogP contribution in [0.1, 0.15) is 13.8 Å². The molecule has 1 aromatic heterocycles. The first kappa shape index (κ1) is 19.0. The van der Waals surface area contributed by atoms with E-state index in [0.29, 0.717) is 10.8 Å². The number of aromatic nitrogens is 1. The molecule has 3 rings (SSSR count). The molecule has 6 nitrogen and oxygen atoms in total. The summed E-state index contributed by atoms with van der Waals surface area (Å²) in [6, 6.07) is 16.6. The van der Waals surface area contributed by atoms with Crippen molar-refractivity contribution in [2.45, 2.75) is 25.1 Å². The highest BCUT2D eigenvalue weighted by molar-refractivity contribution is 7.99. The molecule has 0 saturated heterocycles. The van der Waals surface area contributed by atoms with Crippen LogP contribution < -0.4 is 4.90 Å². The van der Waals surface area contributed by atoms with Crippen LogP contribution in [0.2, 0.25) is 0 Å². The number of ether oxygens (including phenoxy) is 1. The van der Waals surface area contributed by atoms with Gasteiger partial charge in [-0.2, -0.15) is 0 Å². The lowest BCUT2D eigenvalue weighted by Gasteiger charge is -2.26. The first-order valence-corrected chi connectivity index (χ1v) is 9.54. The monoisotopic (exact) mass is 384 g/mol. The summed E-state index contributed by atoms with van der Waals surface area (Å²) >= 11 is 1.14. The third-order valence-electron chi connectivity index (χ3n) is 3.76. The second-order valence-electron chi connectivity index (χ2n) is 6.09. The summed E-state index contributed by atoms with van der Waals surface area (Å²) in [5.74, 6) is -0.739. The molecule has 0 unspecified atom stereocenters. The minimum atomic E-state index is -0.493. The molecule has 1 amide bonds. The van der Waals surface area contributed by atoms with E-state index >= 15 is 0 Å². The number of rotatable bonds is 7. The Kier molecular flexibility index (Phi) is 6.13. The zero-order valence-electron chi connectivity index (χ0n) is 15.1. The van der Waals surface area contributed by atoms with Gasteiger partial charge in [0.05, 0.1) is 0 Å². The molecule has 0 saturated carbocycles. The summed E-state index contributed by atoms with van der Waals surface area (Å²) in [5, 5.41) is 0.396. The molecule has 140 valence electrons. The Morgan fingerprint density at radius 1 is 1.11 bits per heavy atom. The van der Waals surface area contributed by atoms with E-state index in [1.165, 1.54) is 0 Å². The Morgan fingerprint density at radius 2 is 1.81 bits per heavy atom. The Hall–Kier alpha value is -2.80. The van der Waals surface area contributed by atoms with E-state index in [2.05, 4.69) is 4.98 Å². The van der Waals surface area contributed by atoms with Crippen molar-refractivity contribution in [2.24, 2.45) is 0 Å². The lowest BCUT2D eigenvalue weighted by atomic mass is 10.2. The summed E-state index contributed by atoms with van der Waals surface area (Å²) in [7, 11) is 0. The minimum Gasteiger partial charge on any atom is -0.455 e. The van der Waals surface area contributed by atoms with Gasteiger partial charge in [0.2, 0.25) is 0 Å². The zero-order chi connectivity index (χ0) is 19.2. The maximum atomic E-state index is 12.5. The molecule has 0 N–H and O–H groups in total. The molecule has 0 radical (unpaired) electrons. The van der Waals surface area contributed by atoms with Crippen molar-refractivity contribution in [2.75, 3.05) is 17.3 Å². The van der Waals surface area contributed by atoms with Gasteiger partial charge in [-0.25, -0.2) is 4.98 Å². The SMILES string of the molecule is CC(C)N(C(=O)COC(=O)CSc1nc2ccccc2o1)c1ccccc1. The third kappa shape index (κ3) is 4.89. The van der Waals surface area contributed by atoms with E-state index in [1.807, 2.05) is 68.4 Å². The van der Waals surface area contributed by atoms with Gasteiger partial charge in [0.25, 0.3) is 11.1 Å². The van der Waals surface area contributed by atoms with E-state index in [1.54, 1.807) is 4.90 Å². The lowest BCUT2D eigenvalue weighted by Crippen LogP contribution is -2.40. The number of fused-ring (bicyclic) bond motifs is 1. The van der Waals surface area contributed by atoms with Crippen molar-refractivity contribution in [3.63, 3.8) is 0 Å².